The first-order chi connectivity index (χ1) is 11.6. The zero-order valence-corrected chi connectivity index (χ0v) is 13.6. The van der Waals surface area contributed by atoms with E-state index < -0.39 is 0 Å². The lowest BCUT2D eigenvalue weighted by atomic mass is 10.1. The van der Waals surface area contributed by atoms with E-state index in [-0.39, 0.29) is 12.7 Å². The molecular weight excluding hydrogens is 304 g/mol. The van der Waals surface area contributed by atoms with Crippen molar-refractivity contribution in [2.75, 3.05) is 6.79 Å². The van der Waals surface area contributed by atoms with Gasteiger partial charge < -0.3 is 19.8 Å². The minimum absolute atomic E-state index is 0.0815. The molecule has 0 spiro atoms. The molecule has 5 heteroatoms. The van der Waals surface area contributed by atoms with E-state index >= 15 is 0 Å². The maximum Gasteiger partial charge on any atom is 0.253 e. The molecule has 0 unspecified atom stereocenters. The average Bonchev–Trinajstić information content (AvgIpc) is 3.16. The molecule has 2 aromatic carbocycles. The monoisotopic (exact) mass is 322 g/mol. The van der Waals surface area contributed by atoms with Crippen molar-refractivity contribution in [3.05, 3.63) is 58.8 Å². The van der Waals surface area contributed by atoms with Crippen LogP contribution in [0.15, 0.2) is 36.4 Å². The van der Waals surface area contributed by atoms with Gasteiger partial charge in [0.15, 0.2) is 11.5 Å². The molecule has 1 aromatic heterocycles. The highest BCUT2D eigenvalue weighted by Gasteiger charge is 2.17. The van der Waals surface area contributed by atoms with Crippen LogP contribution >= 0.6 is 0 Å². The molecule has 0 saturated heterocycles. The molecule has 0 fully saturated rings. The van der Waals surface area contributed by atoms with Crippen LogP contribution in [0.5, 0.6) is 11.5 Å². The first kappa shape index (κ1) is 14.6. The Kier molecular flexibility index (Phi) is 3.41. The molecule has 2 N–H and O–H groups in total. The zero-order chi connectivity index (χ0) is 16.7. The summed E-state index contributed by atoms with van der Waals surface area (Å²) in [5.74, 6) is 1.38. The van der Waals surface area contributed by atoms with Crippen LogP contribution in [-0.2, 0) is 6.54 Å². The van der Waals surface area contributed by atoms with Crippen molar-refractivity contribution in [2.45, 2.75) is 20.4 Å². The molecule has 1 aliphatic rings. The van der Waals surface area contributed by atoms with E-state index in [1.165, 1.54) is 0 Å². The Bertz CT molecular complexity index is 943. The predicted molar refractivity (Wildman–Crippen MR) is 91.5 cm³/mol. The fraction of sp³-hybridized carbons (Fsp3) is 0.211. The van der Waals surface area contributed by atoms with E-state index in [9.17, 15) is 4.79 Å². The van der Waals surface area contributed by atoms with Gasteiger partial charge in [0.1, 0.15) is 0 Å². The molecule has 4 rings (SSSR count). The second kappa shape index (κ2) is 5.60. The van der Waals surface area contributed by atoms with E-state index in [4.69, 9.17) is 9.47 Å². The number of carbonyl (C=O) groups excluding carboxylic acids is 1. The lowest BCUT2D eigenvalue weighted by Crippen LogP contribution is -2.23. The number of aryl methyl sites for hydroxylation is 2. The van der Waals surface area contributed by atoms with E-state index in [0.717, 1.165) is 39.2 Å². The van der Waals surface area contributed by atoms with Crippen molar-refractivity contribution >= 4 is 16.8 Å². The molecule has 0 atom stereocenters. The van der Waals surface area contributed by atoms with Crippen molar-refractivity contribution < 1.29 is 14.3 Å². The molecule has 3 aromatic rings. The summed E-state index contributed by atoms with van der Waals surface area (Å²) in [6, 6.07) is 11.7. The molecule has 1 aliphatic heterocycles. The smallest absolute Gasteiger partial charge is 0.253 e. The number of amides is 1. The number of nitrogens with one attached hydrogen (secondary N) is 2. The van der Waals surface area contributed by atoms with Gasteiger partial charge in [0.25, 0.3) is 5.91 Å². The van der Waals surface area contributed by atoms with E-state index in [1.54, 1.807) is 0 Å². The van der Waals surface area contributed by atoms with Crippen molar-refractivity contribution in [1.82, 2.24) is 10.3 Å². The van der Waals surface area contributed by atoms with Crippen LogP contribution in [0, 0.1) is 13.8 Å². The molecule has 0 aliphatic carbocycles. The largest absolute Gasteiger partial charge is 0.454 e. The van der Waals surface area contributed by atoms with Gasteiger partial charge in [-0.3, -0.25) is 4.79 Å². The van der Waals surface area contributed by atoms with Gasteiger partial charge in [-0.1, -0.05) is 24.3 Å². The van der Waals surface area contributed by atoms with Gasteiger partial charge in [-0.15, -0.1) is 0 Å². The van der Waals surface area contributed by atoms with Crippen LogP contribution in [-0.4, -0.2) is 17.7 Å². The maximum absolute atomic E-state index is 12.7. The van der Waals surface area contributed by atoms with E-state index in [0.29, 0.717) is 12.1 Å². The maximum atomic E-state index is 12.7. The number of fused-ring (bicyclic) bond motifs is 2. The van der Waals surface area contributed by atoms with E-state index in [2.05, 4.69) is 10.3 Å². The molecule has 24 heavy (non-hydrogen) atoms. The standard InChI is InChI=1S/C19H18N2O3/c1-11-4-3-5-14-17(12(2)21-18(11)14)19(22)20-9-13-6-7-15-16(8-13)24-10-23-15/h3-8,21H,9-10H2,1-2H3,(H,20,22). The molecule has 0 bridgehead atoms. The van der Waals surface area contributed by atoms with Gasteiger partial charge in [0, 0.05) is 23.1 Å². The van der Waals surface area contributed by atoms with Crippen LogP contribution in [0.1, 0.15) is 27.2 Å². The third kappa shape index (κ3) is 2.38. The Hall–Kier alpha value is -2.95. The Labute approximate surface area is 139 Å². The Balaban J connectivity index is 1.57. The minimum atomic E-state index is -0.0815. The van der Waals surface area contributed by atoms with Gasteiger partial charge in [-0.2, -0.15) is 0 Å². The number of rotatable bonds is 3. The van der Waals surface area contributed by atoms with Crippen LogP contribution in [0.2, 0.25) is 0 Å². The number of para-hydroxylation sites is 1. The molecule has 2 heterocycles. The highest BCUT2D eigenvalue weighted by molar-refractivity contribution is 6.08. The number of ether oxygens (including phenoxy) is 2. The second-order valence-corrected chi connectivity index (χ2v) is 5.99. The number of aromatic amines is 1. The minimum Gasteiger partial charge on any atom is -0.454 e. The molecule has 122 valence electrons. The lowest BCUT2D eigenvalue weighted by molar-refractivity contribution is 0.0952. The highest BCUT2D eigenvalue weighted by atomic mass is 16.7. The Morgan fingerprint density at radius 2 is 2.00 bits per heavy atom. The molecule has 5 nitrogen and oxygen atoms in total. The molecule has 0 saturated carbocycles. The van der Waals surface area contributed by atoms with Gasteiger partial charge >= 0.3 is 0 Å². The summed E-state index contributed by atoms with van der Waals surface area (Å²) in [7, 11) is 0. The quantitative estimate of drug-likeness (QED) is 0.776. The molecule has 0 radical (unpaired) electrons. The third-order valence-corrected chi connectivity index (χ3v) is 4.35. The van der Waals surface area contributed by atoms with Gasteiger partial charge in [-0.25, -0.2) is 0 Å². The highest BCUT2D eigenvalue weighted by Crippen LogP contribution is 2.32. The number of hydrogen-bond acceptors (Lipinski definition) is 3. The number of benzene rings is 2. The van der Waals surface area contributed by atoms with Crippen molar-refractivity contribution in [2.24, 2.45) is 0 Å². The number of aromatic nitrogens is 1. The van der Waals surface area contributed by atoms with Crippen molar-refractivity contribution in [1.29, 1.82) is 0 Å². The molecular formula is C19H18N2O3. The van der Waals surface area contributed by atoms with Crippen molar-refractivity contribution in [3.63, 3.8) is 0 Å². The summed E-state index contributed by atoms with van der Waals surface area (Å²) in [6.07, 6.45) is 0. The topological polar surface area (TPSA) is 63.4 Å². The fourth-order valence-electron chi connectivity index (χ4n) is 3.11. The number of carbonyl (C=O) groups is 1. The number of hydrogen-bond donors (Lipinski definition) is 2. The first-order valence-electron chi connectivity index (χ1n) is 7.88. The average molecular weight is 322 g/mol. The zero-order valence-electron chi connectivity index (χ0n) is 13.6. The molecule has 1 amide bonds. The SMILES string of the molecule is Cc1[nH]c2c(C)cccc2c1C(=O)NCc1ccc2c(c1)OCO2. The van der Waals surface area contributed by atoms with Gasteiger partial charge in [0.2, 0.25) is 6.79 Å². The van der Waals surface area contributed by atoms with Crippen molar-refractivity contribution in [3.8, 4) is 11.5 Å². The van der Waals surface area contributed by atoms with Gasteiger partial charge in [0.05, 0.1) is 5.56 Å². The van der Waals surface area contributed by atoms with Crippen LogP contribution in [0.3, 0.4) is 0 Å². The fourth-order valence-corrected chi connectivity index (χ4v) is 3.11. The summed E-state index contributed by atoms with van der Waals surface area (Å²) < 4.78 is 10.7. The van der Waals surface area contributed by atoms with Gasteiger partial charge in [-0.05, 0) is 37.1 Å². The summed E-state index contributed by atoms with van der Waals surface area (Å²) in [6.45, 7) is 4.65. The second-order valence-electron chi connectivity index (χ2n) is 5.99. The Morgan fingerprint density at radius 1 is 1.17 bits per heavy atom. The Morgan fingerprint density at radius 3 is 2.88 bits per heavy atom. The summed E-state index contributed by atoms with van der Waals surface area (Å²) >= 11 is 0. The van der Waals surface area contributed by atoms with Crippen LogP contribution in [0.25, 0.3) is 10.9 Å². The first-order valence-corrected chi connectivity index (χ1v) is 7.88. The van der Waals surface area contributed by atoms with Crippen LogP contribution in [0.4, 0.5) is 0 Å². The summed E-state index contributed by atoms with van der Waals surface area (Å²) in [4.78, 5) is 16.0. The lowest BCUT2D eigenvalue weighted by Gasteiger charge is -2.07. The normalized spacial score (nSPS) is 12.6. The van der Waals surface area contributed by atoms with E-state index in [1.807, 2.05) is 50.2 Å². The summed E-state index contributed by atoms with van der Waals surface area (Å²) in [5.41, 5.74) is 4.70. The van der Waals surface area contributed by atoms with Crippen LogP contribution < -0.4 is 14.8 Å². The predicted octanol–water partition coefficient (Wildman–Crippen LogP) is 3.44. The summed E-state index contributed by atoms with van der Waals surface area (Å²) in [5, 5.41) is 3.94. The third-order valence-electron chi connectivity index (χ3n) is 4.35. The number of H-pyrrole nitrogens is 1.